The summed E-state index contributed by atoms with van der Waals surface area (Å²) in [5, 5.41) is 0.615. The normalized spacial score (nSPS) is 22.4. The second-order valence-electron chi connectivity index (χ2n) is 6.47. The van der Waals surface area contributed by atoms with Gasteiger partial charge in [0.05, 0.1) is 0 Å². The van der Waals surface area contributed by atoms with Crippen LogP contribution in [-0.2, 0) is 20.4 Å². The number of hydrogen-bond donors (Lipinski definition) is 0. The minimum Gasteiger partial charge on any atom is -1.00 e. The molecule has 2 aliphatic carbocycles. The molecule has 0 heterocycles. The van der Waals surface area contributed by atoms with Gasteiger partial charge < -0.3 is 37.2 Å². The molecule has 0 fully saturated rings. The molecule has 5 heteroatoms. The van der Waals surface area contributed by atoms with Crippen molar-refractivity contribution in [2.24, 2.45) is 0 Å². The second kappa shape index (κ2) is 9.33. The average molecular weight is 374 g/mol. The molecule has 108 valence electrons. The van der Waals surface area contributed by atoms with E-state index in [1.54, 1.807) is 16.7 Å². The first-order valence-electron chi connectivity index (χ1n) is 6.61. The maximum atomic E-state index is 2.57. The fourth-order valence-corrected chi connectivity index (χ4v) is 5.51. The Morgan fingerprint density at radius 1 is 1.16 bits per heavy atom. The third-order valence-electron chi connectivity index (χ3n) is 3.80. The predicted octanol–water partition coefficient (Wildman–Crippen LogP) is -5.05. The second-order valence-corrected chi connectivity index (χ2v) is 10.5. The molecule has 0 saturated carbocycles. The smallest absolute Gasteiger partial charge is 1.00 e. The molecule has 2 rings (SSSR count). The van der Waals surface area contributed by atoms with E-state index >= 15 is 0 Å². The number of allylic oxidation sites excluding steroid dienone is 4. The van der Waals surface area contributed by atoms with Crippen LogP contribution in [0.3, 0.4) is 0 Å². The Balaban J connectivity index is 0. The van der Waals surface area contributed by atoms with Gasteiger partial charge in [-0.05, 0) is 0 Å². The van der Waals surface area contributed by atoms with E-state index in [1.807, 2.05) is 0 Å². The zero-order chi connectivity index (χ0) is 11.8. The van der Waals surface area contributed by atoms with Gasteiger partial charge in [-0.1, -0.05) is 0 Å². The molecule has 0 radical (unpaired) electrons. The quantitative estimate of drug-likeness (QED) is 0.425. The van der Waals surface area contributed by atoms with Crippen molar-refractivity contribution >= 4 is 9.52 Å². The van der Waals surface area contributed by atoms with Gasteiger partial charge in [-0.15, -0.1) is 0 Å². The van der Waals surface area contributed by atoms with E-state index in [-0.39, 0.29) is 46.7 Å². The maximum absolute atomic E-state index is 2.57. The summed E-state index contributed by atoms with van der Waals surface area (Å²) in [5.41, 5.74) is 5.29. The fourth-order valence-electron chi connectivity index (χ4n) is 2.71. The summed E-state index contributed by atoms with van der Waals surface area (Å²) in [7, 11) is 0.0533. The van der Waals surface area contributed by atoms with Crippen LogP contribution in [0.5, 0.6) is 0 Å². The SMILES string of the molecule is CC(C)(C)[SiH2]CC1=CC2=C(CCCC2)[CH]1[Ti+3].[Cl-].[Cl-].[Cl-]. The van der Waals surface area contributed by atoms with Crippen molar-refractivity contribution in [3.05, 3.63) is 22.8 Å². The number of hydrogen-bond acceptors (Lipinski definition) is 0. The molecule has 0 amide bonds. The van der Waals surface area contributed by atoms with Crippen LogP contribution in [0, 0.1) is 0 Å². The largest absolute Gasteiger partial charge is 1.00 e. The van der Waals surface area contributed by atoms with Crippen LogP contribution in [0.1, 0.15) is 46.5 Å². The Morgan fingerprint density at radius 3 is 2.26 bits per heavy atom. The summed E-state index contributed by atoms with van der Waals surface area (Å²) in [6.07, 6.45) is 8.17. The Kier molecular flexibility index (Phi) is 11.1. The van der Waals surface area contributed by atoms with E-state index < -0.39 is 0 Å². The van der Waals surface area contributed by atoms with Gasteiger partial charge in [0.1, 0.15) is 0 Å². The summed E-state index contributed by atoms with van der Waals surface area (Å²) in [6.45, 7) is 7.23. The third kappa shape index (κ3) is 6.28. The van der Waals surface area contributed by atoms with Crippen LogP contribution in [0.4, 0.5) is 0 Å². The van der Waals surface area contributed by atoms with Gasteiger partial charge in [0.25, 0.3) is 0 Å². The minimum absolute atomic E-state index is 0. The summed E-state index contributed by atoms with van der Waals surface area (Å²) in [4.78, 5) is 0. The van der Waals surface area contributed by atoms with Crippen LogP contribution in [0.15, 0.2) is 22.8 Å². The van der Waals surface area contributed by atoms with Gasteiger partial charge in [0.2, 0.25) is 0 Å². The molecular weight excluding hydrogens is 350 g/mol. The molecule has 2 aliphatic rings. The van der Waals surface area contributed by atoms with Gasteiger partial charge in [0, 0.05) is 0 Å². The van der Waals surface area contributed by atoms with Crippen molar-refractivity contribution in [1.82, 2.24) is 0 Å². The van der Waals surface area contributed by atoms with Crippen molar-refractivity contribution in [3.63, 3.8) is 0 Å². The zero-order valence-corrected chi connectivity index (χ0v) is 17.3. The molecule has 0 aromatic rings. The molecule has 0 saturated heterocycles. The molecule has 0 N–H and O–H groups in total. The first kappa shape index (κ1) is 22.6. The summed E-state index contributed by atoms with van der Waals surface area (Å²) < 4.78 is 0.796. The Bertz CT molecular complexity index is 345. The zero-order valence-electron chi connectivity index (χ0n) is 12.0. The molecule has 0 spiro atoms. The van der Waals surface area contributed by atoms with E-state index in [0.29, 0.717) is 5.04 Å². The maximum Gasteiger partial charge on any atom is -1.00 e. The van der Waals surface area contributed by atoms with Gasteiger partial charge in [-0.25, -0.2) is 0 Å². The van der Waals surface area contributed by atoms with Gasteiger partial charge in [0.15, 0.2) is 0 Å². The van der Waals surface area contributed by atoms with E-state index in [4.69, 9.17) is 0 Å². The molecule has 19 heavy (non-hydrogen) atoms. The fraction of sp³-hybridized carbons (Fsp3) is 0.714. The Labute approximate surface area is 151 Å². The minimum atomic E-state index is 0. The monoisotopic (exact) mass is 372 g/mol. The van der Waals surface area contributed by atoms with Crippen LogP contribution >= 0.6 is 0 Å². The van der Waals surface area contributed by atoms with Gasteiger partial charge >= 0.3 is 115 Å². The first-order chi connectivity index (χ1) is 7.47. The Morgan fingerprint density at radius 2 is 1.74 bits per heavy atom. The van der Waals surface area contributed by atoms with Crippen molar-refractivity contribution in [2.75, 3.05) is 0 Å². The molecule has 0 aliphatic heterocycles. The molecule has 0 aromatic carbocycles. The topological polar surface area (TPSA) is 0 Å². The van der Waals surface area contributed by atoms with E-state index in [1.165, 1.54) is 31.7 Å². The van der Waals surface area contributed by atoms with Crippen molar-refractivity contribution in [1.29, 1.82) is 0 Å². The molecule has 1 unspecified atom stereocenters. The summed E-state index contributed by atoms with van der Waals surface area (Å²) in [5.74, 6) is 0. The standard InChI is InChI=1S/C14H23Si.3ClH.Ti/c1-14(2,3)15-10-11-8-12-6-4-5-7-13(12)9-11;;;;/h8-9H,4-7,10,15H2,1-3H3;3*1H;/q;;;;+3/p-3. The van der Waals surface area contributed by atoms with E-state index in [2.05, 4.69) is 47.3 Å². The van der Waals surface area contributed by atoms with Crippen LogP contribution in [0.25, 0.3) is 0 Å². The molecule has 0 bridgehead atoms. The van der Waals surface area contributed by atoms with Crippen LogP contribution in [-0.4, -0.2) is 9.52 Å². The van der Waals surface area contributed by atoms with E-state index in [0.717, 1.165) is 4.22 Å². The van der Waals surface area contributed by atoms with Crippen LogP contribution in [0.2, 0.25) is 15.3 Å². The first-order valence-corrected chi connectivity index (χ1v) is 9.22. The average Bonchev–Trinajstić information content (AvgIpc) is 2.53. The third-order valence-corrected chi connectivity index (χ3v) is 7.25. The summed E-state index contributed by atoms with van der Waals surface area (Å²) in [6, 6.07) is 1.44. The van der Waals surface area contributed by atoms with E-state index in [9.17, 15) is 0 Å². The predicted molar refractivity (Wildman–Crippen MR) is 70.4 cm³/mol. The summed E-state index contributed by atoms with van der Waals surface area (Å²) >= 11 is 2.44. The molecule has 1 atom stereocenters. The van der Waals surface area contributed by atoms with Gasteiger partial charge in [-0.3, -0.25) is 0 Å². The van der Waals surface area contributed by atoms with Crippen molar-refractivity contribution in [2.45, 2.75) is 61.8 Å². The number of halogens is 3. The number of rotatable bonds is 2. The Hall–Kier alpha value is 1.28. The molecule has 0 nitrogen and oxygen atoms in total. The van der Waals surface area contributed by atoms with Crippen molar-refractivity contribution in [3.8, 4) is 0 Å². The molecule has 0 aromatic heterocycles. The van der Waals surface area contributed by atoms with Gasteiger partial charge in [-0.2, -0.15) is 0 Å². The van der Waals surface area contributed by atoms with Crippen LogP contribution < -0.4 is 37.2 Å². The molecular formula is C14H23Cl3SiTi. The van der Waals surface area contributed by atoms with Crippen molar-refractivity contribution < 1.29 is 57.7 Å².